The second kappa shape index (κ2) is 7.49. The Kier molecular flexibility index (Phi) is 5.14. The maximum Gasteiger partial charge on any atom is 0.275 e. The summed E-state index contributed by atoms with van der Waals surface area (Å²) in [4.78, 5) is 20.4. The minimum atomic E-state index is -0.543. The van der Waals surface area contributed by atoms with Gasteiger partial charge in [-0.3, -0.25) is 4.79 Å². The van der Waals surface area contributed by atoms with E-state index >= 15 is 0 Å². The van der Waals surface area contributed by atoms with Gasteiger partial charge in [-0.05, 0) is 43.2 Å². The minimum absolute atomic E-state index is 0.0746. The number of rotatable bonds is 4. The molecular weight excluding hydrogens is 355 g/mol. The highest BCUT2D eigenvalue weighted by Crippen LogP contribution is 2.29. The van der Waals surface area contributed by atoms with Crippen molar-refractivity contribution in [2.24, 2.45) is 0 Å². The molecule has 1 heterocycles. The third kappa shape index (κ3) is 3.97. The molecule has 7 heteroatoms. The van der Waals surface area contributed by atoms with E-state index in [0.717, 1.165) is 16.8 Å². The van der Waals surface area contributed by atoms with Crippen molar-refractivity contribution in [2.45, 2.75) is 13.8 Å². The lowest BCUT2D eigenvalue weighted by molar-refractivity contribution is 0.102. The lowest BCUT2D eigenvalue weighted by Crippen LogP contribution is -2.15. The number of carbonyl (C=O) groups is 1. The van der Waals surface area contributed by atoms with Gasteiger partial charge in [0.1, 0.15) is 17.3 Å². The number of amides is 1. The molecule has 3 rings (SSSR count). The van der Waals surface area contributed by atoms with Crippen molar-refractivity contribution in [3.8, 4) is 0 Å². The number of nitrogens with one attached hydrogen (secondary N) is 2. The van der Waals surface area contributed by atoms with Crippen LogP contribution in [0.3, 0.4) is 0 Å². The Morgan fingerprint density at radius 2 is 1.88 bits per heavy atom. The van der Waals surface area contributed by atoms with E-state index in [-0.39, 0.29) is 11.4 Å². The fourth-order valence-electron chi connectivity index (χ4n) is 2.46. The summed E-state index contributed by atoms with van der Waals surface area (Å²) >= 11 is 6.26. The topological polar surface area (TPSA) is 66.9 Å². The van der Waals surface area contributed by atoms with Crippen molar-refractivity contribution in [1.29, 1.82) is 0 Å². The van der Waals surface area contributed by atoms with Crippen LogP contribution in [0.1, 0.15) is 21.6 Å². The van der Waals surface area contributed by atoms with E-state index in [1.165, 1.54) is 24.5 Å². The molecule has 0 saturated carbocycles. The molecule has 0 fully saturated rings. The Bertz CT molecular complexity index is 937. The molecule has 0 saturated heterocycles. The molecule has 3 aromatic rings. The van der Waals surface area contributed by atoms with Crippen molar-refractivity contribution >= 4 is 34.7 Å². The average Bonchev–Trinajstić information content (AvgIpc) is 2.60. The van der Waals surface area contributed by atoms with Crippen LogP contribution in [0.2, 0.25) is 5.02 Å². The molecule has 0 spiro atoms. The van der Waals surface area contributed by atoms with Crippen LogP contribution in [0.15, 0.2) is 48.8 Å². The molecule has 0 aliphatic heterocycles. The van der Waals surface area contributed by atoms with Gasteiger partial charge in [0.25, 0.3) is 5.91 Å². The van der Waals surface area contributed by atoms with Crippen LogP contribution in [-0.4, -0.2) is 15.9 Å². The zero-order chi connectivity index (χ0) is 18.7. The fourth-order valence-corrected chi connectivity index (χ4v) is 2.83. The number of hydrogen-bond donors (Lipinski definition) is 2. The monoisotopic (exact) mass is 370 g/mol. The third-order valence-corrected chi connectivity index (χ3v) is 3.99. The first-order chi connectivity index (χ1) is 12.4. The molecule has 0 radical (unpaired) electrons. The summed E-state index contributed by atoms with van der Waals surface area (Å²) in [6, 6.07) is 9.76. The molecule has 2 aromatic carbocycles. The summed E-state index contributed by atoms with van der Waals surface area (Å²) in [7, 11) is 0. The number of para-hydroxylation sites is 1. The van der Waals surface area contributed by atoms with Crippen LogP contribution >= 0.6 is 11.6 Å². The number of anilines is 3. The predicted molar refractivity (Wildman–Crippen MR) is 101 cm³/mol. The lowest BCUT2D eigenvalue weighted by atomic mass is 10.1. The fraction of sp³-hybridized carbons (Fsp3) is 0.105. The van der Waals surface area contributed by atoms with Crippen molar-refractivity contribution in [3.63, 3.8) is 0 Å². The molecule has 0 atom stereocenters. The molecule has 2 N–H and O–H groups in total. The second-order valence-corrected chi connectivity index (χ2v) is 6.19. The molecule has 1 aromatic heterocycles. The van der Waals surface area contributed by atoms with Crippen molar-refractivity contribution in [2.75, 3.05) is 10.6 Å². The summed E-state index contributed by atoms with van der Waals surface area (Å²) < 4.78 is 13.6. The summed E-state index contributed by atoms with van der Waals surface area (Å²) in [6.07, 6.45) is 2.74. The molecule has 0 aliphatic rings. The van der Waals surface area contributed by atoms with Gasteiger partial charge in [0.2, 0.25) is 0 Å². The van der Waals surface area contributed by atoms with Crippen molar-refractivity contribution < 1.29 is 9.18 Å². The Morgan fingerprint density at radius 3 is 2.54 bits per heavy atom. The predicted octanol–water partition coefficient (Wildman–Crippen LogP) is 4.88. The number of benzene rings is 2. The van der Waals surface area contributed by atoms with Gasteiger partial charge in [-0.1, -0.05) is 29.8 Å². The SMILES string of the molecule is Cc1cc(C)c(Nc2cnc(C(=O)Nc3ccccc3F)cn2)c(Cl)c1. The van der Waals surface area contributed by atoms with E-state index in [1.807, 2.05) is 26.0 Å². The zero-order valence-electron chi connectivity index (χ0n) is 14.2. The summed E-state index contributed by atoms with van der Waals surface area (Å²) in [5.74, 6) is -0.614. The van der Waals surface area contributed by atoms with E-state index in [4.69, 9.17) is 11.6 Å². The normalized spacial score (nSPS) is 10.5. The number of carbonyl (C=O) groups excluding carboxylic acids is 1. The molecule has 5 nitrogen and oxygen atoms in total. The highest BCUT2D eigenvalue weighted by atomic mass is 35.5. The molecule has 26 heavy (non-hydrogen) atoms. The van der Waals surface area contributed by atoms with Crippen LogP contribution < -0.4 is 10.6 Å². The van der Waals surface area contributed by atoms with Gasteiger partial charge in [0.05, 0.1) is 28.8 Å². The summed E-state index contributed by atoms with van der Waals surface area (Å²) in [5, 5.41) is 6.13. The van der Waals surface area contributed by atoms with E-state index in [0.29, 0.717) is 10.8 Å². The number of nitrogens with zero attached hydrogens (tertiary/aromatic N) is 2. The van der Waals surface area contributed by atoms with Crippen LogP contribution in [0.4, 0.5) is 21.6 Å². The van der Waals surface area contributed by atoms with Gasteiger partial charge < -0.3 is 10.6 Å². The Labute approximate surface area is 155 Å². The van der Waals surface area contributed by atoms with Crippen molar-refractivity contribution in [1.82, 2.24) is 9.97 Å². The summed E-state index contributed by atoms with van der Waals surface area (Å²) in [6.45, 7) is 3.90. The number of hydrogen-bond acceptors (Lipinski definition) is 4. The van der Waals surface area contributed by atoms with Crippen molar-refractivity contribution in [3.05, 3.63) is 76.5 Å². The standard InChI is InChI=1S/C19H16ClFN4O/c1-11-7-12(2)18(13(20)8-11)25-17-10-22-16(9-23-17)19(26)24-15-6-4-3-5-14(15)21/h3-10H,1-2H3,(H,23,25)(H,24,26). The molecule has 1 amide bonds. The van der Waals surface area contributed by atoms with Gasteiger partial charge in [-0.15, -0.1) is 0 Å². The van der Waals surface area contributed by atoms with E-state index in [2.05, 4.69) is 20.6 Å². The summed E-state index contributed by atoms with van der Waals surface area (Å²) in [5.41, 5.74) is 2.92. The maximum absolute atomic E-state index is 13.6. The largest absolute Gasteiger partial charge is 0.338 e. The van der Waals surface area contributed by atoms with Crippen LogP contribution in [-0.2, 0) is 0 Å². The third-order valence-electron chi connectivity index (χ3n) is 3.69. The number of aryl methyl sites for hydroxylation is 2. The molecule has 0 aliphatic carbocycles. The second-order valence-electron chi connectivity index (χ2n) is 5.78. The first kappa shape index (κ1) is 17.8. The Morgan fingerprint density at radius 1 is 1.12 bits per heavy atom. The van der Waals surface area contributed by atoms with Gasteiger partial charge >= 0.3 is 0 Å². The molecule has 132 valence electrons. The van der Waals surface area contributed by atoms with E-state index in [9.17, 15) is 9.18 Å². The van der Waals surface area contributed by atoms with Crippen LogP contribution in [0.25, 0.3) is 0 Å². The van der Waals surface area contributed by atoms with Crippen LogP contribution in [0.5, 0.6) is 0 Å². The highest BCUT2D eigenvalue weighted by molar-refractivity contribution is 6.33. The van der Waals surface area contributed by atoms with Gasteiger partial charge in [-0.25, -0.2) is 14.4 Å². The van der Waals surface area contributed by atoms with E-state index in [1.54, 1.807) is 12.1 Å². The quantitative estimate of drug-likeness (QED) is 0.686. The highest BCUT2D eigenvalue weighted by Gasteiger charge is 2.12. The Hall–Kier alpha value is -2.99. The van der Waals surface area contributed by atoms with Gasteiger partial charge in [0, 0.05) is 0 Å². The molecule has 0 bridgehead atoms. The molecule has 0 unspecified atom stereocenters. The zero-order valence-corrected chi connectivity index (χ0v) is 14.9. The average molecular weight is 371 g/mol. The smallest absolute Gasteiger partial charge is 0.275 e. The molecular formula is C19H16ClFN4O. The van der Waals surface area contributed by atoms with Gasteiger partial charge in [-0.2, -0.15) is 0 Å². The van der Waals surface area contributed by atoms with Crippen LogP contribution in [0, 0.1) is 19.7 Å². The van der Waals surface area contributed by atoms with Gasteiger partial charge in [0.15, 0.2) is 0 Å². The maximum atomic E-state index is 13.6. The number of aromatic nitrogens is 2. The first-order valence-electron chi connectivity index (χ1n) is 7.86. The number of halogens is 2. The lowest BCUT2D eigenvalue weighted by Gasteiger charge is -2.12. The van der Waals surface area contributed by atoms with E-state index < -0.39 is 11.7 Å². The Balaban J connectivity index is 1.75. The minimum Gasteiger partial charge on any atom is -0.338 e. The first-order valence-corrected chi connectivity index (χ1v) is 8.23.